The molecule has 0 aromatic carbocycles. The molecule has 0 spiro atoms. The van der Waals surface area contributed by atoms with Gasteiger partial charge in [-0.3, -0.25) is 5.41 Å². The molecule has 82 valence electrons. The quantitative estimate of drug-likeness (QED) is 0.520. The molecular formula is C10H21N3O. The fourth-order valence-corrected chi connectivity index (χ4v) is 1.91. The number of nitrogens with two attached hydrogens (primary N) is 1. The van der Waals surface area contributed by atoms with E-state index < -0.39 is 0 Å². The van der Waals surface area contributed by atoms with Crippen LogP contribution in [0.2, 0.25) is 0 Å². The van der Waals surface area contributed by atoms with Crippen LogP contribution in [0.5, 0.6) is 0 Å². The zero-order chi connectivity index (χ0) is 10.6. The van der Waals surface area contributed by atoms with Gasteiger partial charge in [-0.05, 0) is 26.8 Å². The summed E-state index contributed by atoms with van der Waals surface area (Å²) in [7, 11) is 2.11. The van der Waals surface area contributed by atoms with Crippen LogP contribution < -0.4 is 5.73 Å². The minimum absolute atomic E-state index is 0.274. The fraction of sp³-hybridized carbons (Fsp3) is 0.900. The Bertz CT molecular complexity index is 190. The Balaban J connectivity index is 2.37. The van der Waals surface area contributed by atoms with Gasteiger partial charge in [-0.1, -0.05) is 0 Å². The predicted molar refractivity (Wildman–Crippen MR) is 57.6 cm³/mol. The third-order valence-electron chi connectivity index (χ3n) is 2.98. The minimum atomic E-state index is 0.274. The third kappa shape index (κ3) is 3.27. The Labute approximate surface area is 85.9 Å². The van der Waals surface area contributed by atoms with E-state index in [4.69, 9.17) is 15.9 Å². The van der Waals surface area contributed by atoms with Crippen molar-refractivity contribution in [3.63, 3.8) is 0 Å². The van der Waals surface area contributed by atoms with E-state index >= 15 is 0 Å². The molecule has 1 saturated heterocycles. The largest absolute Gasteiger partial charge is 0.388 e. The maximum absolute atomic E-state index is 7.26. The first-order valence-electron chi connectivity index (χ1n) is 5.24. The molecule has 1 fully saturated rings. The first-order valence-corrected chi connectivity index (χ1v) is 5.24. The van der Waals surface area contributed by atoms with Gasteiger partial charge in [0.25, 0.3) is 0 Å². The van der Waals surface area contributed by atoms with Crippen LogP contribution in [-0.2, 0) is 4.74 Å². The standard InChI is InChI=1S/C10H21N3O/c1-8(7-10(11)12)13(2)9-3-5-14-6-4-9/h8-9H,3-7H2,1-2H3,(H3,11,12). The van der Waals surface area contributed by atoms with E-state index in [1.54, 1.807) is 0 Å². The summed E-state index contributed by atoms with van der Waals surface area (Å²) in [6.07, 6.45) is 2.85. The molecule has 1 rings (SSSR count). The van der Waals surface area contributed by atoms with Gasteiger partial charge in [0.2, 0.25) is 0 Å². The predicted octanol–water partition coefficient (Wildman–Crippen LogP) is 0.812. The summed E-state index contributed by atoms with van der Waals surface area (Å²) in [6.45, 7) is 3.85. The van der Waals surface area contributed by atoms with Crippen LogP contribution in [0.1, 0.15) is 26.2 Å². The van der Waals surface area contributed by atoms with E-state index in [-0.39, 0.29) is 5.84 Å². The Morgan fingerprint density at radius 3 is 2.64 bits per heavy atom. The SMILES string of the molecule is CC(CC(=N)N)N(C)C1CCOCC1. The maximum atomic E-state index is 7.26. The molecule has 1 unspecified atom stereocenters. The highest BCUT2D eigenvalue weighted by Crippen LogP contribution is 2.16. The van der Waals surface area contributed by atoms with E-state index in [1.807, 2.05) is 0 Å². The number of ether oxygens (including phenoxy) is 1. The van der Waals surface area contributed by atoms with Gasteiger partial charge in [0.1, 0.15) is 0 Å². The molecule has 14 heavy (non-hydrogen) atoms. The van der Waals surface area contributed by atoms with Crippen LogP contribution in [0.25, 0.3) is 0 Å². The molecule has 0 saturated carbocycles. The number of hydrogen-bond donors (Lipinski definition) is 2. The highest BCUT2D eigenvalue weighted by Gasteiger charge is 2.22. The molecule has 4 nitrogen and oxygen atoms in total. The van der Waals surface area contributed by atoms with Crippen LogP contribution in [-0.4, -0.2) is 43.1 Å². The smallest absolute Gasteiger partial charge is 0.0920 e. The molecule has 3 N–H and O–H groups in total. The second-order valence-electron chi connectivity index (χ2n) is 4.09. The summed E-state index contributed by atoms with van der Waals surface area (Å²) < 4.78 is 5.32. The molecule has 0 aromatic heterocycles. The van der Waals surface area contributed by atoms with Gasteiger partial charge in [-0.25, -0.2) is 0 Å². The molecule has 0 bridgehead atoms. The molecule has 0 amide bonds. The van der Waals surface area contributed by atoms with E-state index in [0.717, 1.165) is 26.1 Å². The molecule has 0 aliphatic carbocycles. The number of nitrogens with zero attached hydrogens (tertiary/aromatic N) is 1. The van der Waals surface area contributed by atoms with Crippen molar-refractivity contribution >= 4 is 5.84 Å². The molecule has 0 aromatic rings. The molecule has 1 aliphatic rings. The summed E-state index contributed by atoms with van der Waals surface area (Å²) in [6, 6.07) is 0.952. The number of nitrogens with one attached hydrogen (secondary N) is 1. The van der Waals surface area contributed by atoms with Crippen molar-refractivity contribution in [1.82, 2.24) is 4.90 Å². The van der Waals surface area contributed by atoms with Crippen molar-refractivity contribution in [2.24, 2.45) is 5.73 Å². The summed E-state index contributed by atoms with van der Waals surface area (Å²) in [5.74, 6) is 0.274. The van der Waals surface area contributed by atoms with Gasteiger partial charge in [0.15, 0.2) is 0 Å². The lowest BCUT2D eigenvalue weighted by atomic mass is 10.0. The van der Waals surface area contributed by atoms with Crippen LogP contribution in [0, 0.1) is 5.41 Å². The average Bonchev–Trinajstić information content (AvgIpc) is 2.17. The van der Waals surface area contributed by atoms with Gasteiger partial charge in [0, 0.05) is 31.7 Å². The van der Waals surface area contributed by atoms with Crippen molar-refractivity contribution in [2.45, 2.75) is 38.3 Å². The zero-order valence-corrected chi connectivity index (χ0v) is 9.12. The normalized spacial score (nSPS) is 21.1. The highest BCUT2D eigenvalue weighted by atomic mass is 16.5. The Morgan fingerprint density at radius 1 is 1.57 bits per heavy atom. The van der Waals surface area contributed by atoms with Crippen LogP contribution in [0.4, 0.5) is 0 Å². The second kappa shape index (κ2) is 5.32. The summed E-state index contributed by atoms with van der Waals surface area (Å²) in [5.41, 5.74) is 5.39. The summed E-state index contributed by atoms with van der Waals surface area (Å²) in [5, 5.41) is 7.26. The molecule has 0 radical (unpaired) electrons. The number of hydrogen-bond acceptors (Lipinski definition) is 3. The van der Waals surface area contributed by atoms with Crippen LogP contribution in [0.15, 0.2) is 0 Å². The van der Waals surface area contributed by atoms with Crippen molar-refractivity contribution in [1.29, 1.82) is 5.41 Å². The lowest BCUT2D eigenvalue weighted by Crippen LogP contribution is -2.43. The monoisotopic (exact) mass is 199 g/mol. The topological polar surface area (TPSA) is 62.3 Å². The van der Waals surface area contributed by atoms with Gasteiger partial charge in [-0.2, -0.15) is 0 Å². The van der Waals surface area contributed by atoms with Gasteiger partial charge in [-0.15, -0.1) is 0 Å². The molecular weight excluding hydrogens is 178 g/mol. The average molecular weight is 199 g/mol. The van der Waals surface area contributed by atoms with Gasteiger partial charge < -0.3 is 15.4 Å². The van der Waals surface area contributed by atoms with E-state index in [9.17, 15) is 0 Å². The van der Waals surface area contributed by atoms with Crippen molar-refractivity contribution in [2.75, 3.05) is 20.3 Å². The van der Waals surface area contributed by atoms with Crippen molar-refractivity contribution in [3.8, 4) is 0 Å². The highest BCUT2D eigenvalue weighted by molar-refractivity contribution is 5.77. The van der Waals surface area contributed by atoms with Gasteiger partial charge in [0.05, 0.1) is 5.84 Å². The molecule has 1 atom stereocenters. The summed E-state index contributed by atoms with van der Waals surface area (Å²) in [4.78, 5) is 2.32. The number of rotatable bonds is 4. The van der Waals surface area contributed by atoms with E-state index in [2.05, 4.69) is 18.9 Å². The molecule has 4 heteroatoms. The Morgan fingerprint density at radius 2 is 2.14 bits per heavy atom. The maximum Gasteiger partial charge on any atom is 0.0920 e. The lowest BCUT2D eigenvalue weighted by molar-refractivity contribution is 0.0321. The first-order chi connectivity index (χ1) is 6.61. The van der Waals surface area contributed by atoms with Crippen LogP contribution in [0.3, 0.4) is 0 Å². The fourth-order valence-electron chi connectivity index (χ4n) is 1.91. The summed E-state index contributed by atoms with van der Waals surface area (Å²) >= 11 is 0. The first kappa shape index (κ1) is 11.5. The zero-order valence-electron chi connectivity index (χ0n) is 9.12. The molecule has 1 aliphatic heterocycles. The second-order valence-corrected chi connectivity index (χ2v) is 4.09. The minimum Gasteiger partial charge on any atom is -0.388 e. The van der Waals surface area contributed by atoms with Crippen LogP contribution >= 0.6 is 0 Å². The lowest BCUT2D eigenvalue weighted by Gasteiger charge is -2.35. The van der Waals surface area contributed by atoms with Crippen molar-refractivity contribution in [3.05, 3.63) is 0 Å². The van der Waals surface area contributed by atoms with E-state index in [0.29, 0.717) is 18.5 Å². The molecule has 1 heterocycles. The number of amidine groups is 1. The third-order valence-corrected chi connectivity index (χ3v) is 2.98. The van der Waals surface area contributed by atoms with Gasteiger partial charge >= 0.3 is 0 Å². The Kier molecular flexibility index (Phi) is 4.35. The van der Waals surface area contributed by atoms with E-state index in [1.165, 1.54) is 0 Å². The van der Waals surface area contributed by atoms with Crippen molar-refractivity contribution < 1.29 is 4.74 Å². The Hall–Kier alpha value is -0.610.